The van der Waals surface area contributed by atoms with Gasteiger partial charge in [-0.25, -0.2) is 0 Å². The lowest BCUT2D eigenvalue weighted by molar-refractivity contribution is 0.0692. The first-order valence-corrected chi connectivity index (χ1v) is 8.90. The fourth-order valence-corrected chi connectivity index (χ4v) is 3.97. The summed E-state index contributed by atoms with van der Waals surface area (Å²) < 4.78 is 0. The Morgan fingerprint density at radius 3 is 2.65 bits per heavy atom. The molecule has 118 valence electrons. The zero-order chi connectivity index (χ0) is 14.4. The topological polar surface area (TPSA) is 18.5 Å². The molecule has 3 nitrogen and oxygen atoms in total. The Labute approximate surface area is 126 Å². The van der Waals surface area contributed by atoms with Gasteiger partial charge >= 0.3 is 0 Å². The molecule has 1 N–H and O–H groups in total. The molecule has 0 aromatic rings. The molecule has 1 aliphatic heterocycles. The molecule has 0 aromatic heterocycles. The molecule has 1 heterocycles. The summed E-state index contributed by atoms with van der Waals surface area (Å²) in [5.41, 5.74) is 0. The van der Waals surface area contributed by atoms with E-state index >= 15 is 0 Å². The molecule has 0 spiro atoms. The van der Waals surface area contributed by atoms with E-state index in [1.165, 1.54) is 71.2 Å². The molecule has 2 fully saturated rings. The molecule has 0 bridgehead atoms. The van der Waals surface area contributed by atoms with Crippen LogP contribution < -0.4 is 5.32 Å². The van der Waals surface area contributed by atoms with Crippen LogP contribution in [0.5, 0.6) is 0 Å². The molecule has 1 saturated heterocycles. The maximum absolute atomic E-state index is 3.81. The molecule has 2 aliphatic rings. The van der Waals surface area contributed by atoms with Crippen molar-refractivity contribution in [2.45, 2.75) is 64.5 Å². The number of hydrogen-bond donors (Lipinski definition) is 1. The van der Waals surface area contributed by atoms with Gasteiger partial charge < -0.3 is 15.1 Å². The second-order valence-corrected chi connectivity index (χ2v) is 6.91. The highest BCUT2D eigenvalue weighted by Crippen LogP contribution is 2.26. The summed E-state index contributed by atoms with van der Waals surface area (Å²) >= 11 is 0. The molecule has 3 unspecified atom stereocenters. The molecule has 0 amide bonds. The van der Waals surface area contributed by atoms with Crippen LogP contribution in [0.4, 0.5) is 0 Å². The Hall–Kier alpha value is -0.120. The SMILES string of the molecule is CCCNC1CCCCC1CN1CCN(C)C(CC)C1. The number of rotatable bonds is 6. The molecular weight excluding hydrogens is 246 g/mol. The van der Waals surface area contributed by atoms with Crippen LogP contribution in [0.1, 0.15) is 52.4 Å². The van der Waals surface area contributed by atoms with Crippen molar-refractivity contribution >= 4 is 0 Å². The monoisotopic (exact) mass is 281 g/mol. The van der Waals surface area contributed by atoms with Gasteiger partial charge in [0.2, 0.25) is 0 Å². The number of hydrogen-bond acceptors (Lipinski definition) is 3. The van der Waals surface area contributed by atoms with Gasteiger partial charge in [0.15, 0.2) is 0 Å². The Morgan fingerprint density at radius 2 is 1.90 bits per heavy atom. The summed E-state index contributed by atoms with van der Waals surface area (Å²) in [5, 5.41) is 3.81. The predicted octanol–water partition coefficient (Wildman–Crippen LogP) is 2.57. The van der Waals surface area contributed by atoms with Gasteiger partial charge in [-0.15, -0.1) is 0 Å². The van der Waals surface area contributed by atoms with E-state index in [2.05, 4.69) is 36.0 Å². The Balaban J connectivity index is 1.83. The largest absolute Gasteiger partial charge is 0.314 e. The van der Waals surface area contributed by atoms with Crippen molar-refractivity contribution in [2.75, 3.05) is 39.8 Å². The van der Waals surface area contributed by atoms with Gasteiger partial charge in [0, 0.05) is 38.3 Å². The lowest BCUT2D eigenvalue weighted by atomic mass is 9.83. The Bertz CT molecular complexity index is 269. The van der Waals surface area contributed by atoms with Crippen molar-refractivity contribution in [1.29, 1.82) is 0 Å². The zero-order valence-electron chi connectivity index (χ0n) is 13.9. The van der Waals surface area contributed by atoms with Crippen LogP contribution in [-0.4, -0.2) is 61.7 Å². The quantitative estimate of drug-likeness (QED) is 0.807. The van der Waals surface area contributed by atoms with Gasteiger partial charge in [0.25, 0.3) is 0 Å². The average molecular weight is 281 g/mol. The minimum Gasteiger partial charge on any atom is -0.314 e. The Kier molecular flexibility index (Phi) is 6.79. The summed E-state index contributed by atoms with van der Waals surface area (Å²) in [7, 11) is 2.29. The van der Waals surface area contributed by atoms with Crippen LogP contribution in [0.2, 0.25) is 0 Å². The molecule has 1 aliphatic carbocycles. The van der Waals surface area contributed by atoms with Crippen LogP contribution in [0.25, 0.3) is 0 Å². The molecular formula is C17H35N3. The lowest BCUT2D eigenvalue weighted by Gasteiger charge is -2.42. The number of likely N-dealkylation sites (N-methyl/N-ethyl adjacent to an activating group) is 1. The first-order chi connectivity index (χ1) is 9.74. The summed E-state index contributed by atoms with van der Waals surface area (Å²) in [4.78, 5) is 5.29. The van der Waals surface area contributed by atoms with Gasteiger partial charge in [0.05, 0.1) is 0 Å². The highest BCUT2D eigenvalue weighted by atomic mass is 15.3. The number of nitrogens with zero attached hydrogens (tertiary/aromatic N) is 2. The van der Waals surface area contributed by atoms with Gasteiger partial charge in [-0.3, -0.25) is 0 Å². The summed E-state index contributed by atoms with van der Waals surface area (Å²) in [6.45, 7) is 10.9. The van der Waals surface area contributed by atoms with Crippen LogP contribution in [0.3, 0.4) is 0 Å². The molecule has 20 heavy (non-hydrogen) atoms. The zero-order valence-corrected chi connectivity index (χ0v) is 13.9. The van der Waals surface area contributed by atoms with E-state index in [-0.39, 0.29) is 0 Å². The van der Waals surface area contributed by atoms with Crippen molar-refractivity contribution in [2.24, 2.45) is 5.92 Å². The lowest BCUT2D eigenvalue weighted by Crippen LogP contribution is -2.54. The molecule has 3 heteroatoms. The average Bonchev–Trinajstić information content (AvgIpc) is 2.48. The van der Waals surface area contributed by atoms with E-state index in [0.29, 0.717) is 0 Å². The van der Waals surface area contributed by atoms with Crippen molar-refractivity contribution in [3.63, 3.8) is 0 Å². The standard InChI is InChI=1S/C17H35N3/c1-4-10-18-17-9-7-6-8-15(17)13-20-12-11-19(3)16(5-2)14-20/h15-18H,4-14H2,1-3H3. The third-order valence-electron chi connectivity index (χ3n) is 5.39. The fourth-order valence-electron chi connectivity index (χ4n) is 3.97. The van der Waals surface area contributed by atoms with Crippen molar-refractivity contribution < 1.29 is 0 Å². The molecule has 0 radical (unpaired) electrons. The second-order valence-electron chi connectivity index (χ2n) is 6.91. The van der Waals surface area contributed by atoms with E-state index in [9.17, 15) is 0 Å². The highest BCUT2D eigenvalue weighted by Gasteiger charge is 2.29. The first-order valence-electron chi connectivity index (χ1n) is 8.90. The first kappa shape index (κ1) is 16.3. The van der Waals surface area contributed by atoms with Gasteiger partial charge in [0.1, 0.15) is 0 Å². The molecule has 0 aromatic carbocycles. The fraction of sp³-hybridized carbons (Fsp3) is 1.00. The smallest absolute Gasteiger partial charge is 0.0218 e. The molecule has 1 saturated carbocycles. The van der Waals surface area contributed by atoms with Crippen LogP contribution in [-0.2, 0) is 0 Å². The second kappa shape index (κ2) is 8.35. The molecule has 3 atom stereocenters. The van der Waals surface area contributed by atoms with Gasteiger partial charge in [-0.05, 0) is 45.2 Å². The van der Waals surface area contributed by atoms with E-state index in [1.807, 2.05) is 0 Å². The van der Waals surface area contributed by atoms with Crippen molar-refractivity contribution in [3.05, 3.63) is 0 Å². The van der Waals surface area contributed by atoms with E-state index in [0.717, 1.165) is 18.0 Å². The third kappa shape index (κ3) is 4.44. The van der Waals surface area contributed by atoms with Crippen LogP contribution >= 0.6 is 0 Å². The van der Waals surface area contributed by atoms with Crippen molar-refractivity contribution in [3.8, 4) is 0 Å². The summed E-state index contributed by atoms with van der Waals surface area (Å²) in [6, 6.07) is 1.55. The van der Waals surface area contributed by atoms with E-state index in [4.69, 9.17) is 0 Å². The summed E-state index contributed by atoms with van der Waals surface area (Å²) in [6.07, 6.45) is 8.25. The van der Waals surface area contributed by atoms with E-state index < -0.39 is 0 Å². The van der Waals surface area contributed by atoms with Crippen LogP contribution in [0.15, 0.2) is 0 Å². The van der Waals surface area contributed by atoms with Crippen molar-refractivity contribution in [1.82, 2.24) is 15.1 Å². The minimum atomic E-state index is 0.773. The van der Waals surface area contributed by atoms with Gasteiger partial charge in [-0.1, -0.05) is 26.7 Å². The maximum atomic E-state index is 3.81. The maximum Gasteiger partial charge on any atom is 0.0218 e. The molecule has 2 rings (SSSR count). The normalized spacial score (nSPS) is 33.5. The van der Waals surface area contributed by atoms with Gasteiger partial charge in [-0.2, -0.15) is 0 Å². The van der Waals surface area contributed by atoms with Crippen LogP contribution in [0, 0.1) is 5.92 Å². The predicted molar refractivity (Wildman–Crippen MR) is 87.2 cm³/mol. The summed E-state index contributed by atoms with van der Waals surface area (Å²) in [5.74, 6) is 0.885. The number of nitrogens with one attached hydrogen (secondary N) is 1. The highest BCUT2D eigenvalue weighted by molar-refractivity contribution is 4.86. The minimum absolute atomic E-state index is 0.773. The third-order valence-corrected chi connectivity index (χ3v) is 5.39. The Morgan fingerprint density at radius 1 is 1.10 bits per heavy atom. The number of piperazine rings is 1. The van der Waals surface area contributed by atoms with E-state index in [1.54, 1.807) is 0 Å².